The molecule has 4 aromatic rings. The third-order valence-corrected chi connectivity index (χ3v) is 4.68. The zero-order valence-electron chi connectivity index (χ0n) is 16.6. The number of amides is 1. The van der Waals surface area contributed by atoms with Gasteiger partial charge in [0.15, 0.2) is 11.6 Å². The Morgan fingerprint density at radius 2 is 1.97 bits per heavy atom. The number of aryl methyl sites for hydroxylation is 1. The molecule has 0 bridgehead atoms. The molecule has 0 aliphatic carbocycles. The van der Waals surface area contributed by atoms with E-state index in [2.05, 4.69) is 21.5 Å². The van der Waals surface area contributed by atoms with Crippen LogP contribution in [-0.4, -0.2) is 27.3 Å². The standard InChI is InChI=1S/C23H19N5O2/c1-3-30-18-10-8-16(9-11-18)23(29)27-22-17(13-24)14-25-28(22)21-12-15(2)19-6-4-5-7-20(19)26-21/h4-12,14H,3H2,1-2H3,(H,27,29). The summed E-state index contributed by atoms with van der Waals surface area (Å²) in [5.74, 6) is 1.13. The number of hydrogen-bond acceptors (Lipinski definition) is 5. The van der Waals surface area contributed by atoms with E-state index in [1.54, 1.807) is 24.3 Å². The highest BCUT2D eigenvalue weighted by atomic mass is 16.5. The molecule has 4 rings (SSSR count). The molecule has 0 fully saturated rings. The molecule has 0 spiro atoms. The molecule has 2 aromatic carbocycles. The van der Waals surface area contributed by atoms with E-state index < -0.39 is 0 Å². The van der Waals surface area contributed by atoms with Gasteiger partial charge in [-0.05, 0) is 55.8 Å². The fourth-order valence-corrected chi connectivity index (χ4v) is 3.21. The quantitative estimate of drug-likeness (QED) is 0.543. The van der Waals surface area contributed by atoms with Crippen molar-refractivity contribution in [3.05, 3.63) is 77.5 Å². The number of anilines is 1. The molecule has 0 saturated carbocycles. The number of fused-ring (bicyclic) bond motifs is 1. The van der Waals surface area contributed by atoms with Gasteiger partial charge in [-0.25, -0.2) is 4.98 Å². The maximum absolute atomic E-state index is 12.8. The predicted octanol–water partition coefficient (Wildman–Crippen LogP) is 4.25. The molecule has 0 saturated heterocycles. The fourth-order valence-electron chi connectivity index (χ4n) is 3.21. The summed E-state index contributed by atoms with van der Waals surface area (Å²) >= 11 is 0. The first-order chi connectivity index (χ1) is 14.6. The monoisotopic (exact) mass is 397 g/mol. The summed E-state index contributed by atoms with van der Waals surface area (Å²) in [5, 5.41) is 17.6. The van der Waals surface area contributed by atoms with Gasteiger partial charge in [-0.15, -0.1) is 0 Å². The van der Waals surface area contributed by atoms with Gasteiger partial charge in [0, 0.05) is 10.9 Å². The number of hydrogen-bond donors (Lipinski definition) is 1. The van der Waals surface area contributed by atoms with Gasteiger partial charge in [0.05, 0.1) is 18.3 Å². The minimum absolute atomic E-state index is 0.252. The number of nitrogens with zero attached hydrogens (tertiary/aromatic N) is 4. The molecule has 30 heavy (non-hydrogen) atoms. The van der Waals surface area contributed by atoms with Crippen molar-refractivity contribution in [2.45, 2.75) is 13.8 Å². The molecule has 148 valence electrons. The summed E-state index contributed by atoms with van der Waals surface area (Å²) in [4.78, 5) is 17.4. The van der Waals surface area contributed by atoms with Crippen LogP contribution < -0.4 is 10.1 Å². The number of nitriles is 1. The minimum atomic E-state index is -0.353. The second-order valence-corrected chi connectivity index (χ2v) is 6.66. The van der Waals surface area contributed by atoms with Crippen LogP contribution in [0.2, 0.25) is 0 Å². The molecule has 0 radical (unpaired) electrons. The van der Waals surface area contributed by atoms with Gasteiger partial charge < -0.3 is 10.1 Å². The van der Waals surface area contributed by atoms with Crippen molar-refractivity contribution in [1.82, 2.24) is 14.8 Å². The Morgan fingerprint density at radius 1 is 1.20 bits per heavy atom. The highest BCUT2D eigenvalue weighted by molar-refractivity contribution is 6.04. The van der Waals surface area contributed by atoms with Crippen molar-refractivity contribution >= 4 is 22.6 Å². The van der Waals surface area contributed by atoms with Crippen molar-refractivity contribution in [2.24, 2.45) is 0 Å². The molecular formula is C23H19N5O2. The number of nitrogens with one attached hydrogen (secondary N) is 1. The van der Waals surface area contributed by atoms with Gasteiger partial charge in [-0.1, -0.05) is 18.2 Å². The summed E-state index contributed by atoms with van der Waals surface area (Å²) in [5.41, 5.74) is 2.53. The highest BCUT2D eigenvalue weighted by Gasteiger charge is 2.18. The lowest BCUT2D eigenvalue weighted by atomic mass is 10.1. The third kappa shape index (κ3) is 3.59. The Morgan fingerprint density at radius 3 is 2.70 bits per heavy atom. The molecule has 2 heterocycles. The Labute approximate surface area is 173 Å². The van der Waals surface area contributed by atoms with Crippen molar-refractivity contribution in [3.8, 4) is 17.6 Å². The molecule has 0 aliphatic heterocycles. The molecule has 7 nitrogen and oxygen atoms in total. The van der Waals surface area contributed by atoms with Crippen LogP contribution >= 0.6 is 0 Å². The lowest BCUT2D eigenvalue weighted by molar-refractivity contribution is 0.102. The second kappa shape index (κ2) is 8.05. The van der Waals surface area contributed by atoms with Gasteiger partial charge in [-0.2, -0.15) is 15.0 Å². The maximum atomic E-state index is 12.8. The van der Waals surface area contributed by atoms with Crippen molar-refractivity contribution in [2.75, 3.05) is 11.9 Å². The molecule has 2 aromatic heterocycles. The number of carbonyl (C=O) groups is 1. The SMILES string of the molecule is CCOc1ccc(C(=O)Nc2c(C#N)cnn2-c2cc(C)c3ccccc3n2)cc1. The van der Waals surface area contributed by atoms with Crippen LogP contribution in [0.15, 0.2) is 60.8 Å². The molecule has 1 amide bonds. The highest BCUT2D eigenvalue weighted by Crippen LogP contribution is 2.24. The number of rotatable bonds is 5. The number of ether oxygens (including phenoxy) is 1. The summed E-state index contributed by atoms with van der Waals surface area (Å²) in [7, 11) is 0. The van der Waals surface area contributed by atoms with Gasteiger partial charge >= 0.3 is 0 Å². The van der Waals surface area contributed by atoms with Gasteiger partial charge in [0.25, 0.3) is 5.91 Å². The molecule has 0 unspecified atom stereocenters. The van der Waals surface area contributed by atoms with E-state index in [1.807, 2.05) is 44.2 Å². The van der Waals surface area contributed by atoms with Crippen LogP contribution in [0.5, 0.6) is 5.75 Å². The largest absolute Gasteiger partial charge is 0.494 e. The molecule has 0 atom stereocenters. The number of carbonyl (C=O) groups excluding carboxylic acids is 1. The normalized spacial score (nSPS) is 10.6. The summed E-state index contributed by atoms with van der Waals surface area (Å²) < 4.78 is 6.89. The van der Waals surface area contributed by atoms with Crippen LogP contribution in [0.1, 0.15) is 28.4 Å². The first kappa shape index (κ1) is 19.2. The van der Waals surface area contributed by atoms with E-state index in [9.17, 15) is 10.1 Å². The average molecular weight is 397 g/mol. The van der Waals surface area contributed by atoms with E-state index in [1.165, 1.54) is 10.9 Å². The molecule has 0 aliphatic rings. The zero-order chi connectivity index (χ0) is 21.1. The topological polar surface area (TPSA) is 92.8 Å². The second-order valence-electron chi connectivity index (χ2n) is 6.66. The maximum Gasteiger partial charge on any atom is 0.256 e. The van der Waals surface area contributed by atoms with Crippen molar-refractivity contribution in [3.63, 3.8) is 0 Å². The Hall–Kier alpha value is -4.18. The van der Waals surface area contributed by atoms with Gasteiger partial charge in [0.2, 0.25) is 0 Å². The van der Waals surface area contributed by atoms with E-state index in [0.717, 1.165) is 16.5 Å². The number of pyridine rings is 1. The molecule has 1 N–H and O–H groups in total. The lowest BCUT2D eigenvalue weighted by Gasteiger charge is -2.11. The van der Waals surface area contributed by atoms with Crippen molar-refractivity contribution < 1.29 is 9.53 Å². The first-order valence-electron chi connectivity index (χ1n) is 9.50. The van der Waals surface area contributed by atoms with Crippen molar-refractivity contribution in [1.29, 1.82) is 5.26 Å². The average Bonchev–Trinajstić information content (AvgIpc) is 3.17. The van der Waals surface area contributed by atoms with E-state index in [0.29, 0.717) is 23.7 Å². The van der Waals surface area contributed by atoms with Crippen LogP contribution in [0, 0.1) is 18.3 Å². The summed E-state index contributed by atoms with van der Waals surface area (Å²) in [6, 6.07) is 18.5. The van der Waals surface area contributed by atoms with Crippen LogP contribution in [0.25, 0.3) is 16.7 Å². The Bertz CT molecular complexity index is 1270. The minimum Gasteiger partial charge on any atom is -0.494 e. The third-order valence-electron chi connectivity index (χ3n) is 4.68. The van der Waals surface area contributed by atoms with Crippen LogP contribution in [-0.2, 0) is 0 Å². The zero-order valence-corrected chi connectivity index (χ0v) is 16.6. The van der Waals surface area contributed by atoms with Gasteiger partial charge in [0.1, 0.15) is 17.4 Å². The van der Waals surface area contributed by atoms with E-state index >= 15 is 0 Å². The predicted molar refractivity (Wildman–Crippen MR) is 114 cm³/mol. The van der Waals surface area contributed by atoms with Gasteiger partial charge in [-0.3, -0.25) is 4.79 Å². The summed E-state index contributed by atoms with van der Waals surface area (Å²) in [6.07, 6.45) is 1.42. The number of benzene rings is 2. The first-order valence-corrected chi connectivity index (χ1v) is 9.50. The molecular weight excluding hydrogens is 378 g/mol. The number of aromatic nitrogens is 3. The van der Waals surface area contributed by atoms with E-state index in [-0.39, 0.29) is 17.3 Å². The fraction of sp³-hybridized carbons (Fsp3) is 0.130. The smallest absolute Gasteiger partial charge is 0.256 e. The molecule has 7 heteroatoms. The lowest BCUT2D eigenvalue weighted by Crippen LogP contribution is -2.16. The Kier molecular flexibility index (Phi) is 5.14. The van der Waals surface area contributed by atoms with E-state index in [4.69, 9.17) is 4.74 Å². The number of para-hydroxylation sites is 1. The van der Waals surface area contributed by atoms with Crippen LogP contribution in [0.4, 0.5) is 5.82 Å². The Balaban J connectivity index is 1.70. The van der Waals surface area contributed by atoms with Crippen LogP contribution in [0.3, 0.4) is 0 Å². The summed E-state index contributed by atoms with van der Waals surface area (Å²) in [6.45, 7) is 4.43.